The average molecular weight is 304 g/mol. The third kappa shape index (κ3) is 2.69. The maximum atomic E-state index is 6.21. The zero-order valence-corrected chi connectivity index (χ0v) is 11.5. The molecule has 1 unspecified atom stereocenters. The fourth-order valence-electron chi connectivity index (χ4n) is 2.29. The first-order chi connectivity index (χ1) is 7.83. The van der Waals surface area contributed by atoms with Crippen molar-refractivity contribution < 1.29 is 0 Å². The van der Waals surface area contributed by atoms with E-state index in [2.05, 4.69) is 25.8 Å². The van der Waals surface area contributed by atoms with Crippen molar-refractivity contribution in [1.82, 2.24) is 4.98 Å². The van der Waals surface area contributed by atoms with Crippen LogP contribution < -0.4 is 4.90 Å². The highest BCUT2D eigenvalue weighted by Gasteiger charge is 2.24. The summed E-state index contributed by atoms with van der Waals surface area (Å²) in [7, 11) is 0. The monoisotopic (exact) mass is 302 g/mol. The van der Waals surface area contributed by atoms with Crippen LogP contribution in [0.15, 0.2) is 18.3 Å². The van der Waals surface area contributed by atoms with Crippen LogP contribution in [0.25, 0.3) is 0 Å². The lowest BCUT2D eigenvalue weighted by Crippen LogP contribution is -2.40. The molecule has 1 fully saturated rings. The van der Waals surface area contributed by atoms with E-state index in [1.165, 1.54) is 19.3 Å². The number of hydrogen-bond acceptors (Lipinski definition) is 2. The molecule has 0 aromatic carbocycles. The number of aromatic nitrogens is 1. The number of hydrogen-bond donors (Lipinski definition) is 0. The highest BCUT2D eigenvalue weighted by Crippen LogP contribution is 2.30. The van der Waals surface area contributed by atoms with Crippen LogP contribution in [-0.2, 0) is 0 Å². The smallest absolute Gasteiger partial charge is 0.147 e. The molecular formula is C12H16BrClN2. The van der Waals surface area contributed by atoms with Crippen LogP contribution in [0.5, 0.6) is 0 Å². The summed E-state index contributed by atoms with van der Waals surface area (Å²) in [5.74, 6) is 0.954. The van der Waals surface area contributed by atoms with Crippen molar-refractivity contribution in [1.29, 1.82) is 0 Å². The molecule has 1 saturated heterocycles. The molecule has 2 heterocycles. The molecule has 0 spiro atoms. The number of piperidine rings is 1. The molecule has 2 nitrogen and oxygen atoms in total. The van der Waals surface area contributed by atoms with Gasteiger partial charge in [0, 0.05) is 24.1 Å². The van der Waals surface area contributed by atoms with E-state index >= 15 is 0 Å². The quantitative estimate of drug-likeness (QED) is 0.788. The SMILES string of the molecule is Clc1cccnc1N1CCCCC1CCBr. The van der Waals surface area contributed by atoms with Gasteiger partial charge >= 0.3 is 0 Å². The van der Waals surface area contributed by atoms with Crippen molar-refractivity contribution in [2.24, 2.45) is 0 Å². The van der Waals surface area contributed by atoms with Crippen molar-refractivity contribution in [3.05, 3.63) is 23.4 Å². The molecule has 0 aliphatic carbocycles. The third-order valence-corrected chi connectivity index (χ3v) is 3.83. The summed E-state index contributed by atoms with van der Waals surface area (Å²) in [6.07, 6.45) is 6.79. The second-order valence-electron chi connectivity index (χ2n) is 4.13. The van der Waals surface area contributed by atoms with E-state index in [1.807, 2.05) is 18.3 Å². The zero-order valence-electron chi connectivity index (χ0n) is 9.20. The second kappa shape index (κ2) is 5.87. The van der Waals surface area contributed by atoms with Crippen LogP contribution in [0.4, 0.5) is 5.82 Å². The first kappa shape index (κ1) is 12.2. The molecule has 88 valence electrons. The van der Waals surface area contributed by atoms with Crippen molar-refractivity contribution >= 4 is 33.3 Å². The summed E-state index contributed by atoms with van der Waals surface area (Å²) in [6, 6.07) is 4.39. The maximum Gasteiger partial charge on any atom is 0.147 e. The van der Waals surface area contributed by atoms with Gasteiger partial charge in [-0.25, -0.2) is 4.98 Å². The predicted octanol–water partition coefficient (Wildman–Crippen LogP) is 3.88. The van der Waals surface area contributed by atoms with Gasteiger partial charge in [0.15, 0.2) is 0 Å². The molecule has 0 bridgehead atoms. The van der Waals surface area contributed by atoms with Crippen molar-refractivity contribution in [3.8, 4) is 0 Å². The molecule has 1 aromatic rings. The second-order valence-corrected chi connectivity index (χ2v) is 5.33. The Kier molecular flexibility index (Phi) is 4.47. The number of rotatable bonds is 3. The minimum Gasteiger partial charge on any atom is -0.352 e. The average Bonchev–Trinajstić information content (AvgIpc) is 2.31. The maximum absolute atomic E-state index is 6.21. The summed E-state index contributed by atoms with van der Waals surface area (Å²) >= 11 is 9.73. The van der Waals surface area contributed by atoms with Gasteiger partial charge in [-0.1, -0.05) is 27.5 Å². The van der Waals surface area contributed by atoms with Gasteiger partial charge in [0.25, 0.3) is 0 Å². The predicted molar refractivity (Wildman–Crippen MR) is 72.6 cm³/mol. The Morgan fingerprint density at radius 1 is 1.50 bits per heavy atom. The number of alkyl halides is 1. The van der Waals surface area contributed by atoms with E-state index in [0.29, 0.717) is 6.04 Å². The van der Waals surface area contributed by atoms with Gasteiger partial charge in [-0.05, 0) is 37.8 Å². The standard InChI is InChI=1S/C12H16BrClN2/c13-7-6-10-4-1-2-9-16(10)12-11(14)5-3-8-15-12/h3,5,8,10H,1-2,4,6-7,9H2. The largest absolute Gasteiger partial charge is 0.352 e. The van der Waals surface area contributed by atoms with Crippen LogP contribution in [0.2, 0.25) is 5.02 Å². The zero-order chi connectivity index (χ0) is 11.4. The molecule has 1 aliphatic rings. The van der Waals surface area contributed by atoms with E-state index in [4.69, 9.17) is 11.6 Å². The fourth-order valence-corrected chi connectivity index (χ4v) is 3.05. The number of halogens is 2. The molecule has 0 saturated carbocycles. The Hall–Kier alpha value is -0.280. The molecule has 16 heavy (non-hydrogen) atoms. The normalized spacial score (nSPS) is 21.1. The van der Waals surface area contributed by atoms with Crippen molar-refractivity contribution in [2.45, 2.75) is 31.7 Å². The minimum atomic E-state index is 0.584. The fraction of sp³-hybridized carbons (Fsp3) is 0.583. The van der Waals surface area contributed by atoms with Crippen LogP contribution in [0.3, 0.4) is 0 Å². The Bertz CT molecular complexity index is 344. The lowest BCUT2D eigenvalue weighted by Gasteiger charge is -2.36. The molecular weight excluding hydrogens is 288 g/mol. The highest BCUT2D eigenvalue weighted by atomic mass is 79.9. The van der Waals surface area contributed by atoms with Gasteiger partial charge in [0.05, 0.1) is 5.02 Å². The van der Waals surface area contributed by atoms with Gasteiger partial charge in [-0.3, -0.25) is 0 Å². The van der Waals surface area contributed by atoms with Gasteiger partial charge in [-0.15, -0.1) is 0 Å². The molecule has 0 N–H and O–H groups in total. The van der Waals surface area contributed by atoms with Gasteiger partial charge < -0.3 is 4.90 Å². The van der Waals surface area contributed by atoms with Gasteiger partial charge in [0.1, 0.15) is 5.82 Å². The lowest BCUT2D eigenvalue weighted by atomic mass is 10.00. The Morgan fingerprint density at radius 2 is 2.38 bits per heavy atom. The molecule has 2 rings (SSSR count). The number of anilines is 1. The van der Waals surface area contributed by atoms with Crippen LogP contribution in [0, 0.1) is 0 Å². The number of pyridine rings is 1. The molecule has 1 atom stereocenters. The summed E-state index contributed by atoms with van der Waals surface area (Å²) in [4.78, 5) is 6.78. The lowest BCUT2D eigenvalue weighted by molar-refractivity contribution is 0.449. The summed E-state index contributed by atoms with van der Waals surface area (Å²) in [5.41, 5.74) is 0. The van der Waals surface area contributed by atoms with E-state index in [-0.39, 0.29) is 0 Å². The summed E-state index contributed by atoms with van der Waals surface area (Å²) < 4.78 is 0. The van der Waals surface area contributed by atoms with E-state index in [9.17, 15) is 0 Å². The Morgan fingerprint density at radius 3 is 3.12 bits per heavy atom. The Labute approximate surface area is 110 Å². The van der Waals surface area contributed by atoms with Crippen LogP contribution in [0.1, 0.15) is 25.7 Å². The van der Waals surface area contributed by atoms with Crippen molar-refractivity contribution in [2.75, 3.05) is 16.8 Å². The first-order valence-corrected chi connectivity index (χ1v) is 7.26. The molecule has 0 radical (unpaired) electrons. The van der Waals surface area contributed by atoms with E-state index in [1.54, 1.807) is 0 Å². The molecule has 4 heteroatoms. The number of nitrogens with zero attached hydrogens (tertiary/aromatic N) is 2. The Balaban J connectivity index is 2.19. The topological polar surface area (TPSA) is 16.1 Å². The highest BCUT2D eigenvalue weighted by molar-refractivity contribution is 9.09. The molecule has 1 aromatic heterocycles. The minimum absolute atomic E-state index is 0.584. The molecule has 1 aliphatic heterocycles. The van der Waals surface area contributed by atoms with E-state index < -0.39 is 0 Å². The third-order valence-electron chi connectivity index (χ3n) is 3.08. The van der Waals surface area contributed by atoms with Gasteiger partial charge in [-0.2, -0.15) is 0 Å². The first-order valence-electron chi connectivity index (χ1n) is 5.76. The van der Waals surface area contributed by atoms with Crippen molar-refractivity contribution in [3.63, 3.8) is 0 Å². The molecule has 0 amide bonds. The van der Waals surface area contributed by atoms with Crippen LogP contribution in [-0.4, -0.2) is 22.9 Å². The van der Waals surface area contributed by atoms with E-state index in [0.717, 1.165) is 29.1 Å². The van der Waals surface area contributed by atoms with Crippen LogP contribution >= 0.6 is 27.5 Å². The summed E-state index contributed by atoms with van der Waals surface area (Å²) in [6.45, 7) is 1.08. The summed E-state index contributed by atoms with van der Waals surface area (Å²) in [5, 5.41) is 1.81. The van der Waals surface area contributed by atoms with Gasteiger partial charge in [0.2, 0.25) is 0 Å².